The van der Waals surface area contributed by atoms with Crippen LogP contribution in [0.1, 0.15) is 34.1 Å². The second kappa shape index (κ2) is 11.6. The topological polar surface area (TPSA) is 121 Å². The first-order chi connectivity index (χ1) is 18.3. The molecule has 0 spiro atoms. The largest absolute Gasteiger partial charge is 0.462 e. The van der Waals surface area contributed by atoms with Crippen molar-refractivity contribution in [3.8, 4) is 0 Å². The summed E-state index contributed by atoms with van der Waals surface area (Å²) in [6.07, 6.45) is 2.48. The first-order valence-electron chi connectivity index (χ1n) is 11.5. The van der Waals surface area contributed by atoms with E-state index in [9.17, 15) is 23.6 Å². The van der Waals surface area contributed by atoms with Crippen molar-refractivity contribution >= 4 is 52.4 Å². The number of carbonyl (C=O) groups excluding carboxylic acids is 4. The predicted molar refractivity (Wildman–Crippen MR) is 139 cm³/mol. The monoisotopic (exact) mass is 535 g/mol. The molecule has 38 heavy (non-hydrogen) atoms. The summed E-state index contributed by atoms with van der Waals surface area (Å²) >= 11 is 5.52. The Hall–Kier alpha value is -4.71. The number of hydrogen-bond acceptors (Lipinski definition) is 7. The van der Waals surface area contributed by atoms with E-state index in [-0.39, 0.29) is 29.3 Å². The number of ether oxygens (including phenoxy) is 1. The Morgan fingerprint density at radius 3 is 2.39 bits per heavy atom. The molecule has 1 unspecified atom stereocenters. The van der Waals surface area contributed by atoms with Crippen LogP contribution < -0.4 is 15.6 Å². The third-order valence-electron chi connectivity index (χ3n) is 5.50. The van der Waals surface area contributed by atoms with Crippen LogP contribution in [0, 0.1) is 5.82 Å². The highest BCUT2D eigenvalue weighted by molar-refractivity contribution is 7.80. The van der Waals surface area contributed by atoms with Crippen molar-refractivity contribution < 1.29 is 28.3 Å². The molecule has 194 valence electrons. The van der Waals surface area contributed by atoms with E-state index in [1.54, 1.807) is 13.0 Å². The number of thiocarbonyl (C=S) groups is 1. The normalized spacial score (nSPS) is 14.8. The maximum Gasteiger partial charge on any atom is 0.338 e. The minimum atomic E-state index is -1.19. The highest BCUT2D eigenvalue weighted by Gasteiger charge is 2.45. The molecule has 1 aliphatic rings. The number of rotatable bonds is 8. The fraction of sp³-hybridized carbons (Fsp3) is 0.154. The molecule has 2 aromatic carbocycles. The van der Waals surface area contributed by atoms with E-state index < -0.39 is 35.5 Å². The molecule has 0 bridgehead atoms. The molecule has 1 atom stereocenters. The van der Waals surface area contributed by atoms with Gasteiger partial charge in [0.1, 0.15) is 11.9 Å². The van der Waals surface area contributed by atoms with Crippen LogP contribution in [0.5, 0.6) is 0 Å². The van der Waals surface area contributed by atoms with Gasteiger partial charge < -0.3 is 10.1 Å². The van der Waals surface area contributed by atoms with Gasteiger partial charge in [-0.25, -0.2) is 14.2 Å². The number of nitrogens with one attached hydrogen (secondary N) is 2. The Morgan fingerprint density at radius 2 is 1.76 bits per heavy atom. The van der Waals surface area contributed by atoms with Gasteiger partial charge >= 0.3 is 5.97 Å². The van der Waals surface area contributed by atoms with E-state index in [2.05, 4.69) is 15.7 Å². The average molecular weight is 536 g/mol. The molecule has 1 fully saturated rings. The lowest BCUT2D eigenvalue weighted by Gasteiger charge is -2.24. The molecule has 12 heteroatoms. The number of hydrazine groups is 1. The van der Waals surface area contributed by atoms with Gasteiger partial charge in [0, 0.05) is 18.1 Å². The van der Waals surface area contributed by atoms with Gasteiger partial charge in [0.25, 0.3) is 11.8 Å². The summed E-state index contributed by atoms with van der Waals surface area (Å²) in [4.78, 5) is 56.3. The molecule has 2 heterocycles. The molecule has 1 aliphatic heterocycles. The SMILES string of the molecule is CCOC(=O)c1ccc(N2C(=O)C(CC(=O)Nc3ccc(F)cc3)N(NC(=O)c3cccnc3)C2=S)cc1. The third kappa shape index (κ3) is 5.81. The maximum atomic E-state index is 13.5. The number of aromatic nitrogens is 1. The van der Waals surface area contributed by atoms with Gasteiger partial charge in [0.15, 0.2) is 0 Å². The molecule has 4 rings (SSSR count). The standard InChI is InChI=1S/C26H22FN5O5S/c1-2-37-25(36)16-5-11-20(12-6-16)31-24(35)21(14-22(33)29-19-9-7-18(27)8-10-19)32(26(31)38)30-23(34)17-4-3-13-28-15-17/h3-13,15,21H,2,14H2,1H3,(H,29,33)(H,30,34). The highest BCUT2D eigenvalue weighted by atomic mass is 32.1. The number of anilines is 2. The van der Waals surface area contributed by atoms with Crippen molar-refractivity contribution in [1.82, 2.24) is 15.4 Å². The van der Waals surface area contributed by atoms with E-state index >= 15 is 0 Å². The van der Waals surface area contributed by atoms with E-state index in [4.69, 9.17) is 17.0 Å². The summed E-state index contributed by atoms with van der Waals surface area (Å²) in [7, 11) is 0. The lowest BCUT2D eigenvalue weighted by atomic mass is 10.1. The zero-order chi connectivity index (χ0) is 27.2. The summed E-state index contributed by atoms with van der Waals surface area (Å²) in [6, 6.07) is 13.1. The zero-order valence-electron chi connectivity index (χ0n) is 20.1. The van der Waals surface area contributed by atoms with Gasteiger partial charge in [-0.05, 0) is 79.8 Å². The summed E-state index contributed by atoms with van der Waals surface area (Å²) < 4.78 is 18.2. The minimum absolute atomic E-state index is 0.0734. The van der Waals surface area contributed by atoms with Crippen LogP contribution in [0.15, 0.2) is 73.1 Å². The molecule has 2 N–H and O–H groups in total. The zero-order valence-corrected chi connectivity index (χ0v) is 20.9. The molecule has 3 amide bonds. The van der Waals surface area contributed by atoms with Crippen molar-refractivity contribution in [3.63, 3.8) is 0 Å². The minimum Gasteiger partial charge on any atom is -0.462 e. The number of hydrogen-bond donors (Lipinski definition) is 2. The molecule has 0 radical (unpaired) electrons. The Labute approximate surface area is 222 Å². The van der Waals surface area contributed by atoms with Gasteiger partial charge in [0.05, 0.1) is 29.8 Å². The smallest absolute Gasteiger partial charge is 0.338 e. The van der Waals surface area contributed by atoms with Crippen LogP contribution in [-0.4, -0.2) is 51.4 Å². The first kappa shape index (κ1) is 26.4. The molecule has 3 aromatic rings. The van der Waals surface area contributed by atoms with E-state index in [0.717, 1.165) is 5.01 Å². The van der Waals surface area contributed by atoms with Crippen LogP contribution in [0.25, 0.3) is 0 Å². The summed E-state index contributed by atoms with van der Waals surface area (Å²) in [5.41, 5.74) is 3.76. The number of esters is 1. The Kier molecular flexibility index (Phi) is 8.02. The number of benzene rings is 2. The molecule has 0 aliphatic carbocycles. The fourth-order valence-electron chi connectivity index (χ4n) is 3.69. The lowest BCUT2D eigenvalue weighted by molar-refractivity contribution is -0.124. The summed E-state index contributed by atoms with van der Waals surface area (Å²) in [5, 5.41) is 3.68. The Morgan fingerprint density at radius 1 is 1.05 bits per heavy atom. The lowest BCUT2D eigenvalue weighted by Crippen LogP contribution is -2.49. The van der Waals surface area contributed by atoms with Crippen LogP contribution in [0.3, 0.4) is 0 Å². The number of nitrogens with zero attached hydrogens (tertiary/aromatic N) is 3. The second-order valence-corrected chi connectivity index (χ2v) is 8.42. The van der Waals surface area contributed by atoms with Crippen molar-refractivity contribution in [1.29, 1.82) is 0 Å². The number of carbonyl (C=O) groups is 4. The van der Waals surface area contributed by atoms with Gasteiger partial charge in [-0.2, -0.15) is 0 Å². The van der Waals surface area contributed by atoms with E-state index in [1.807, 2.05) is 0 Å². The maximum absolute atomic E-state index is 13.5. The number of pyridine rings is 1. The number of amides is 3. The molecular weight excluding hydrogens is 513 g/mol. The second-order valence-electron chi connectivity index (χ2n) is 8.05. The van der Waals surface area contributed by atoms with Crippen molar-refractivity contribution in [2.45, 2.75) is 19.4 Å². The van der Waals surface area contributed by atoms with Crippen LogP contribution >= 0.6 is 12.2 Å². The van der Waals surface area contributed by atoms with Crippen molar-refractivity contribution in [3.05, 3.63) is 90.0 Å². The predicted octanol–water partition coefficient (Wildman–Crippen LogP) is 3.07. The Balaban J connectivity index is 1.59. The fourth-order valence-corrected chi connectivity index (χ4v) is 4.06. The summed E-state index contributed by atoms with van der Waals surface area (Å²) in [5.74, 6) is -2.70. The van der Waals surface area contributed by atoms with Crippen LogP contribution in [0.4, 0.5) is 15.8 Å². The quantitative estimate of drug-likeness (QED) is 0.334. The first-order valence-corrected chi connectivity index (χ1v) is 11.9. The van der Waals surface area contributed by atoms with Crippen molar-refractivity contribution in [2.24, 2.45) is 0 Å². The molecule has 0 saturated carbocycles. The van der Waals surface area contributed by atoms with Crippen LogP contribution in [-0.2, 0) is 14.3 Å². The van der Waals surface area contributed by atoms with Gasteiger partial charge in [-0.15, -0.1) is 0 Å². The van der Waals surface area contributed by atoms with Gasteiger partial charge in [-0.1, -0.05) is 0 Å². The van der Waals surface area contributed by atoms with Gasteiger partial charge in [0.2, 0.25) is 11.0 Å². The third-order valence-corrected chi connectivity index (χ3v) is 5.88. The van der Waals surface area contributed by atoms with Crippen molar-refractivity contribution in [2.75, 3.05) is 16.8 Å². The highest BCUT2D eigenvalue weighted by Crippen LogP contribution is 2.27. The molecular formula is C26H22FN5O5S. The van der Waals surface area contributed by atoms with Crippen LogP contribution in [0.2, 0.25) is 0 Å². The summed E-state index contributed by atoms with van der Waals surface area (Å²) in [6.45, 7) is 1.90. The van der Waals surface area contributed by atoms with E-state index in [0.29, 0.717) is 11.4 Å². The van der Waals surface area contributed by atoms with Gasteiger partial charge in [-0.3, -0.25) is 29.7 Å². The average Bonchev–Trinajstić information content (AvgIpc) is 3.14. The number of halogens is 1. The Bertz CT molecular complexity index is 1370. The molecule has 1 saturated heterocycles. The van der Waals surface area contributed by atoms with E-state index in [1.165, 1.54) is 71.9 Å². The molecule has 10 nitrogen and oxygen atoms in total. The molecule has 1 aromatic heterocycles.